The van der Waals surface area contributed by atoms with Crippen LogP contribution in [0.1, 0.15) is 12.0 Å². The molecule has 0 aliphatic rings. The molecule has 68 valence electrons. The zero-order valence-corrected chi connectivity index (χ0v) is 8.88. The predicted molar refractivity (Wildman–Crippen MR) is 57.4 cm³/mol. The van der Waals surface area contributed by atoms with Gasteiger partial charge in [-0.05, 0) is 10.4 Å². The van der Waals surface area contributed by atoms with E-state index in [0.717, 1.165) is 6.42 Å². The highest BCUT2D eigenvalue weighted by Crippen LogP contribution is 2.00. The molecule has 0 radical (unpaired) electrons. The van der Waals surface area contributed by atoms with Crippen LogP contribution in [0.4, 0.5) is 0 Å². The van der Waals surface area contributed by atoms with Gasteiger partial charge in [0, 0.05) is 22.4 Å². The average Bonchev–Trinajstić information content (AvgIpc) is 2.19. The first-order valence-electron chi connectivity index (χ1n) is 4.13. The Balaban J connectivity index is 2.16. The van der Waals surface area contributed by atoms with E-state index in [1.165, 1.54) is 5.56 Å². The summed E-state index contributed by atoms with van der Waals surface area (Å²) < 4.78 is 5.40. The summed E-state index contributed by atoms with van der Waals surface area (Å²) in [5, 5.41) is 0. The molecule has 1 rings (SSSR count). The van der Waals surface area contributed by atoms with Crippen LogP contribution in [0.5, 0.6) is 0 Å². The summed E-state index contributed by atoms with van der Waals surface area (Å²) in [6.07, 6.45) is 0.776. The molecular weight excluding hydrogens is 228 g/mol. The molecule has 0 N–H and O–H groups in total. The van der Waals surface area contributed by atoms with Gasteiger partial charge in [-0.2, -0.15) is 0 Å². The molecule has 0 amide bonds. The Hall–Kier alpha value is -0.780. The number of hydrogen-bond donors (Lipinski definition) is 0. The molecule has 2 heteroatoms. The van der Waals surface area contributed by atoms with Gasteiger partial charge < -0.3 is 4.74 Å². The quantitative estimate of drug-likeness (QED) is 0.579. The third-order valence-electron chi connectivity index (χ3n) is 1.55. The van der Waals surface area contributed by atoms with Crippen molar-refractivity contribution in [1.82, 2.24) is 0 Å². The Bertz CT molecular complexity index is 284. The van der Waals surface area contributed by atoms with Crippen molar-refractivity contribution in [3.8, 4) is 10.8 Å². The second-order valence-electron chi connectivity index (χ2n) is 2.56. The average molecular weight is 239 g/mol. The topological polar surface area (TPSA) is 9.23 Å². The zero-order chi connectivity index (χ0) is 9.36. The lowest BCUT2D eigenvalue weighted by atomic mass is 10.2. The highest BCUT2D eigenvalue weighted by molar-refractivity contribution is 9.12. The van der Waals surface area contributed by atoms with Crippen LogP contribution in [0.3, 0.4) is 0 Å². The molecule has 0 bridgehead atoms. The maximum atomic E-state index is 5.40. The van der Waals surface area contributed by atoms with E-state index in [1.54, 1.807) is 0 Å². The van der Waals surface area contributed by atoms with Crippen molar-refractivity contribution < 1.29 is 4.74 Å². The molecule has 0 aliphatic carbocycles. The summed E-state index contributed by atoms with van der Waals surface area (Å²) in [6, 6.07) is 10.1. The molecule has 0 fully saturated rings. The molecule has 0 unspecified atom stereocenters. The van der Waals surface area contributed by atoms with E-state index >= 15 is 0 Å². The molecule has 0 saturated carbocycles. The van der Waals surface area contributed by atoms with Crippen LogP contribution in [-0.2, 0) is 11.3 Å². The third kappa shape index (κ3) is 4.72. The molecule has 1 aromatic rings. The standard InChI is InChI=1S/C11H11BrO/c12-8-4-5-9-13-10-11-6-2-1-3-7-11/h1-3,6-7H,5,9-10H2. The van der Waals surface area contributed by atoms with E-state index < -0.39 is 0 Å². The van der Waals surface area contributed by atoms with E-state index in [-0.39, 0.29) is 0 Å². The van der Waals surface area contributed by atoms with Gasteiger partial charge in [0.1, 0.15) is 0 Å². The van der Waals surface area contributed by atoms with Crippen LogP contribution >= 0.6 is 15.9 Å². The van der Waals surface area contributed by atoms with E-state index in [1.807, 2.05) is 18.2 Å². The lowest BCUT2D eigenvalue weighted by Gasteiger charge is -2.00. The fourth-order valence-corrected chi connectivity index (χ4v) is 1.13. The number of hydrogen-bond acceptors (Lipinski definition) is 1. The lowest BCUT2D eigenvalue weighted by molar-refractivity contribution is 0.126. The molecule has 0 atom stereocenters. The van der Waals surface area contributed by atoms with Crippen LogP contribution in [0.25, 0.3) is 0 Å². The van der Waals surface area contributed by atoms with Crippen LogP contribution < -0.4 is 0 Å². The van der Waals surface area contributed by atoms with E-state index in [4.69, 9.17) is 4.74 Å². The first kappa shape index (κ1) is 10.3. The highest BCUT2D eigenvalue weighted by Gasteiger charge is 1.89. The smallest absolute Gasteiger partial charge is 0.0717 e. The van der Waals surface area contributed by atoms with Crippen molar-refractivity contribution in [2.45, 2.75) is 13.0 Å². The highest BCUT2D eigenvalue weighted by atomic mass is 79.9. The van der Waals surface area contributed by atoms with E-state index in [0.29, 0.717) is 13.2 Å². The van der Waals surface area contributed by atoms with Crippen LogP contribution in [0, 0.1) is 10.8 Å². The summed E-state index contributed by atoms with van der Waals surface area (Å²) in [7, 11) is 0. The molecule has 0 aromatic heterocycles. The Morgan fingerprint density at radius 1 is 1.23 bits per heavy atom. The van der Waals surface area contributed by atoms with Crippen molar-refractivity contribution in [3.05, 3.63) is 35.9 Å². The first-order chi connectivity index (χ1) is 6.43. The number of benzene rings is 1. The van der Waals surface area contributed by atoms with Gasteiger partial charge in [-0.25, -0.2) is 0 Å². The van der Waals surface area contributed by atoms with Gasteiger partial charge in [0.05, 0.1) is 13.2 Å². The summed E-state index contributed by atoms with van der Waals surface area (Å²) in [5.74, 6) is 2.88. The number of ether oxygens (including phenoxy) is 1. The predicted octanol–water partition coefficient (Wildman–Crippen LogP) is 2.95. The van der Waals surface area contributed by atoms with Crippen molar-refractivity contribution in [3.63, 3.8) is 0 Å². The van der Waals surface area contributed by atoms with Crippen molar-refractivity contribution in [2.75, 3.05) is 6.61 Å². The van der Waals surface area contributed by atoms with Crippen molar-refractivity contribution >= 4 is 15.9 Å². The fourth-order valence-electron chi connectivity index (χ4n) is 0.935. The molecule has 13 heavy (non-hydrogen) atoms. The molecule has 0 heterocycles. The molecular formula is C11H11BrO. The van der Waals surface area contributed by atoms with Crippen LogP contribution in [0.15, 0.2) is 30.3 Å². The van der Waals surface area contributed by atoms with E-state index in [2.05, 4.69) is 38.8 Å². The number of rotatable bonds is 4. The van der Waals surface area contributed by atoms with Crippen molar-refractivity contribution in [2.24, 2.45) is 0 Å². The first-order valence-corrected chi connectivity index (χ1v) is 4.93. The largest absolute Gasteiger partial charge is 0.376 e. The Morgan fingerprint density at radius 2 is 2.00 bits per heavy atom. The molecule has 1 nitrogen and oxygen atoms in total. The van der Waals surface area contributed by atoms with Gasteiger partial charge in [-0.1, -0.05) is 36.3 Å². The summed E-state index contributed by atoms with van der Waals surface area (Å²) in [6.45, 7) is 1.36. The molecule has 0 spiro atoms. The summed E-state index contributed by atoms with van der Waals surface area (Å²) >= 11 is 3.03. The molecule has 0 aliphatic heterocycles. The minimum Gasteiger partial charge on any atom is -0.376 e. The zero-order valence-electron chi connectivity index (χ0n) is 7.29. The summed E-state index contributed by atoms with van der Waals surface area (Å²) in [5.41, 5.74) is 1.20. The fraction of sp³-hybridized carbons (Fsp3) is 0.273. The van der Waals surface area contributed by atoms with Crippen LogP contribution in [0.2, 0.25) is 0 Å². The molecule has 1 aromatic carbocycles. The van der Waals surface area contributed by atoms with Gasteiger partial charge in [0.15, 0.2) is 0 Å². The maximum absolute atomic E-state index is 5.40. The van der Waals surface area contributed by atoms with Gasteiger partial charge in [0.25, 0.3) is 0 Å². The normalized spacial score (nSPS) is 9.00. The minimum absolute atomic E-state index is 0.671. The Labute approximate surface area is 87.2 Å². The third-order valence-corrected chi connectivity index (χ3v) is 1.83. The Kier molecular flexibility index (Phi) is 5.31. The summed E-state index contributed by atoms with van der Waals surface area (Å²) in [4.78, 5) is 2.65. The van der Waals surface area contributed by atoms with Gasteiger partial charge >= 0.3 is 0 Å². The minimum atomic E-state index is 0.671. The second-order valence-corrected chi connectivity index (χ2v) is 2.96. The second kappa shape index (κ2) is 6.71. The van der Waals surface area contributed by atoms with Crippen molar-refractivity contribution in [1.29, 1.82) is 0 Å². The Morgan fingerprint density at radius 3 is 2.69 bits per heavy atom. The van der Waals surface area contributed by atoms with Gasteiger partial charge in [-0.15, -0.1) is 0 Å². The maximum Gasteiger partial charge on any atom is 0.0717 e. The SMILES string of the molecule is BrC#CCCOCc1ccccc1. The lowest BCUT2D eigenvalue weighted by Crippen LogP contribution is -1.93. The van der Waals surface area contributed by atoms with Gasteiger partial charge in [0.2, 0.25) is 0 Å². The van der Waals surface area contributed by atoms with Crippen LogP contribution in [-0.4, -0.2) is 6.61 Å². The molecule has 0 saturated heterocycles. The monoisotopic (exact) mass is 238 g/mol. The van der Waals surface area contributed by atoms with Gasteiger partial charge in [-0.3, -0.25) is 0 Å². The van der Waals surface area contributed by atoms with E-state index in [9.17, 15) is 0 Å². The number of halogens is 1.